The Kier molecular flexibility index (Phi) is 4.84. The highest BCUT2D eigenvalue weighted by atomic mass is 35.5. The van der Waals surface area contributed by atoms with Crippen LogP contribution >= 0.6 is 23.2 Å². The van der Waals surface area contributed by atoms with Gasteiger partial charge in [0, 0.05) is 5.56 Å². The molecule has 0 spiro atoms. The predicted octanol–water partition coefficient (Wildman–Crippen LogP) is 5.25. The van der Waals surface area contributed by atoms with Crippen LogP contribution in [-0.2, 0) is 4.74 Å². The van der Waals surface area contributed by atoms with Crippen LogP contribution in [0.3, 0.4) is 0 Å². The maximum atomic E-state index is 12.1. The van der Waals surface area contributed by atoms with E-state index in [1.54, 1.807) is 10.7 Å². The lowest BCUT2D eigenvalue weighted by Gasteiger charge is -2.13. The van der Waals surface area contributed by atoms with Crippen molar-refractivity contribution in [1.82, 2.24) is 9.78 Å². The van der Waals surface area contributed by atoms with E-state index in [1.807, 2.05) is 50.2 Å². The monoisotopic (exact) mass is 374 g/mol. The zero-order chi connectivity index (χ0) is 18.1. The summed E-state index contributed by atoms with van der Waals surface area (Å²) in [6.45, 7) is 4.01. The topological polar surface area (TPSA) is 44.1 Å². The first-order valence-electron chi connectivity index (χ1n) is 7.64. The Bertz CT molecular complexity index is 964. The average Bonchev–Trinajstić information content (AvgIpc) is 2.94. The Hall–Kier alpha value is -2.30. The van der Waals surface area contributed by atoms with Gasteiger partial charge in [0.15, 0.2) is 5.69 Å². The lowest BCUT2D eigenvalue weighted by Crippen LogP contribution is -2.06. The van der Waals surface area contributed by atoms with Gasteiger partial charge in [-0.2, -0.15) is 5.10 Å². The fourth-order valence-electron chi connectivity index (χ4n) is 2.65. The first kappa shape index (κ1) is 17.5. The van der Waals surface area contributed by atoms with Crippen LogP contribution in [0.4, 0.5) is 0 Å². The fourth-order valence-corrected chi connectivity index (χ4v) is 3.17. The molecule has 4 nitrogen and oxygen atoms in total. The molecule has 0 radical (unpaired) electrons. The number of ether oxygens (including phenoxy) is 1. The van der Waals surface area contributed by atoms with Gasteiger partial charge in [0.2, 0.25) is 0 Å². The second-order valence-electron chi connectivity index (χ2n) is 5.61. The SMILES string of the molecule is COC(=O)c1nn(-c2cccc(C)c2C)c(-c2ccccc2Cl)c1Cl. The van der Waals surface area contributed by atoms with Crippen LogP contribution in [0, 0.1) is 13.8 Å². The molecule has 3 aromatic rings. The fraction of sp³-hybridized carbons (Fsp3) is 0.158. The Morgan fingerprint density at radius 2 is 1.80 bits per heavy atom. The lowest BCUT2D eigenvalue weighted by molar-refractivity contribution is 0.0593. The number of carbonyl (C=O) groups excluding carboxylic acids is 1. The molecule has 0 aliphatic rings. The summed E-state index contributed by atoms with van der Waals surface area (Å²) in [5, 5.41) is 5.15. The molecule has 0 saturated carbocycles. The number of esters is 1. The van der Waals surface area contributed by atoms with Crippen molar-refractivity contribution in [2.24, 2.45) is 0 Å². The molecule has 0 atom stereocenters. The van der Waals surface area contributed by atoms with E-state index >= 15 is 0 Å². The Morgan fingerprint density at radius 1 is 1.08 bits per heavy atom. The minimum Gasteiger partial charge on any atom is -0.464 e. The molecule has 0 bridgehead atoms. The number of aromatic nitrogens is 2. The van der Waals surface area contributed by atoms with Crippen LogP contribution in [-0.4, -0.2) is 22.9 Å². The smallest absolute Gasteiger partial charge is 0.360 e. The Labute approximate surface area is 155 Å². The summed E-state index contributed by atoms with van der Waals surface area (Å²) in [5.41, 5.74) is 4.27. The van der Waals surface area contributed by atoms with Crippen LogP contribution in [0.25, 0.3) is 16.9 Å². The summed E-state index contributed by atoms with van der Waals surface area (Å²) < 4.78 is 6.46. The lowest BCUT2D eigenvalue weighted by atomic mass is 10.1. The van der Waals surface area contributed by atoms with Crippen molar-refractivity contribution in [3.05, 3.63) is 69.3 Å². The van der Waals surface area contributed by atoms with Crippen molar-refractivity contribution >= 4 is 29.2 Å². The van der Waals surface area contributed by atoms with E-state index < -0.39 is 5.97 Å². The minimum absolute atomic E-state index is 0.0555. The van der Waals surface area contributed by atoms with E-state index in [2.05, 4.69) is 5.10 Å². The number of carbonyl (C=O) groups is 1. The first-order chi connectivity index (χ1) is 12.0. The summed E-state index contributed by atoms with van der Waals surface area (Å²) in [6, 6.07) is 13.2. The van der Waals surface area contributed by atoms with E-state index in [9.17, 15) is 4.79 Å². The third-order valence-electron chi connectivity index (χ3n) is 4.14. The van der Waals surface area contributed by atoms with Crippen molar-refractivity contribution in [3.8, 4) is 16.9 Å². The highest BCUT2D eigenvalue weighted by Crippen LogP contribution is 2.37. The molecule has 0 amide bonds. The largest absolute Gasteiger partial charge is 0.464 e. The standard InChI is InChI=1S/C19H16Cl2N2O2/c1-11-7-6-10-15(12(11)2)23-18(13-8-4-5-9-14(13)20)16(21)17(22-23)19(24)25-3/h4-10H,1-3H3. The maximum absolute atomic E-state index is 12.1. The molecule has 25 heavy (non-hydrogen) atoms. The average molecular weight is 375 g/mol. The van der Waals surface area contributed by atoms with Crippen molar-refractivity contribution in [3.63, 3.8) is 0 Å². The number of hydrogen-bond donors (Lipinski definition) is 0. The van der Waals surface area contributed by atoms with Crippen LogP contribution in [0.1, 0.15) is 21.6 Å². The molecule has 0 unspecified atom stereocenters. The number of benzene rings is 2. The highest BCUT2D eigenvalue weighted by molar-refractivity contribution is 6.38. The van der Waals surface area contributed by atoms with Gasteiger partial charge in [-0.25, -0.2) is 9.48 Å². The molecule has 0 N–H and O–H groups in total. The van der Waals surface area contributed by atoms with Gasteiger partial charge in [-0.15, -0.1) is 0 Å². The second kappa shape index (κ2) is 6.90. The molecule has 2 aromatic carbocycles. The number of rotatable bonds is 3. The van der Waals surface area contributed by atoms with Gasteiger partial charge in [-0.1, -0.05) is 53.5 Å². The number of nitrogens with zero attached hydrogens (tertiary/aromatic N) is 2. The summed E-state index contributed by atoms with van der Waals surface area (Å²) in [4.78, 5) is 12.1. The van der Waals surface area contributed by atoms with Crippen molar-refractivity contribution in [1.29, 1.82) is 0 Å². The van der Waals surface area contributed by atoms with Gasteiger partial charge >= 0.3 is 5.97 Å². The first-order valence-corrected chi connectivity index (χ1v) is 8.39. The number of aryl methyl sites for hydroxylation is 1. The van der Waals surface area contributed by atoms with Gasteiger partial charge in [0.25, 0.3) is 0 Å². The van der Waals surface area contributed by atoms with Gasteiger partial charge in [0.05, 0.1) is 23.5 Å². The van der Waals surface area contributed by atoms with E-state index in [4.69, 9.17) is 27.9 Å². The molecule has 0 saturated heterocycles. The minimum atomic E-state index is -0.595. The van der Waals surface area contributed by atoms with Crippen molar-refractivity contribution in [2.45, 2.75) is 13.8 Å². The van der Waals surface area contributed by atoms with Gasteiger partial charge in [-0.05, 0) is 37.1 Å². The van der Waals surface area contributed by atoms with Gasteiger partial charge in [0.1, 0.15) is 5.02 Å². The third kappa shape index (κ3) is 3.03. The molecule has 0 aliphatic carbocycles. The van der Waals surface area contributed by atoms with Crippen LogP contribution in [0.2, 0.25) is 10.0 Å². The van der Waals surface area contributed by atoms with E-state index in [0.717, 1.165) is 16.8 Å². The molecule has 6 heteroatoms. The Balaban J connectivity index is 2.37. The van der Waals surface area contributed by atoms with E-state index in [0.29, 0.717) is 16.3 Å². The van der Waals surface area contributed by atoms with Crippen LogP contribution in [0.15, 0.2) is 42.5 Å². The molecular weight excluding hydrogens is 359 g/mol. The molecule has 1 aromatic heterocycles. The molecule has 1 heterocycles. The molecular formula is C19H16Cl2N2O2. The quantitative estimate of drug-likeness (QED) is 0.588. The van der Waals surface area contributed by atoms with Gasteiger partial charge in [-0.3, -0.25) is 0 Å². The maximum Gasteiger partial charge on any atom is 0.360 e. The van der Waals surface area contributed by atoms with E-state index in [-0.39, 0.29) is 10.7 Å². The third-order valence-corrected chi connectivity index (χ3v) is 4.83. The molecule has 3 rings (SSSR count). The predicted molar refractivity (Wildman–Crippen MR) is 99.8 cm³/mol. The summed E-state index contributed by atoms with van der Waals surface area (Å²) in [5.74, 6) is -0.595. The van der Waals surface area contributed by atoms with Crippen molar-refractivity contribution in [2.75, 3.05) is 7.11 Å². The number of hydrogen-bond acceptors (Lipinski definition) is 3. The number of methoxy groups -OCH3 is 1. The summed E-state index contributed by atoms with van der Waals surface area (Å²) >= 11 is 12.9. The summed E-state index contributed by atoms with van der Waals surface area (Å²) in [6.07, 6.45) is 0. The molecule has 0 fully saturated rings. The summed E-state index contributed by atoms with van der Waals surface area (Å²) in [7, 11) is 1.30. The zero-order valence-corrected chi connectivity index (χ0v) is 15.5. The molecule has 0 aliphatic heterocycles. The Morgan fingerprint density at radius 3 is 2.48 bits per heavy atom. The number of halogens is 2. The highest BCUT2D eigenvalue weighted by Gasteiger charge is 2.26. The van der Waals surface area contributed by atoms with Crippen molar-refractivity contribution < 1.29 is 9.53 Å². The van der Waals surface area contributed by atoms with Gasteiger partial charge < -0.3 is 4.74 Å². The van der Waals surface area contributed by atoms with E-state index in [1.165, 1.54) is 7.11 Å². The second-order valence-corrected chi connectivity index (χ2v) is 6.40. The van der Waals surface area contributed by atoms with Crippen LogP contribution < -0.4 is 0 Å². The van der Waals surface area contributed by atoms with Crippen LogP contribution in [0.5, 0.6) is 0 Å². The molecule has 128 valence electrons. The normalized spacial score (nSPS) is 10.8. The zero-order valence-electron chi connectivity index (χ0n) is 14.0.